The van der Waals surface area contributed by atoms with Gasteiger partial charge < -0.3 is 15.5 Å². The molecule has 1 amide bonds. The predicted molar refractivity (Wildman–Crippen MR) is 122 cm³/mol. The highest BCUT2D eigenvalue weighted by molar-refractivity contribution is 14.0. The molecule has 0 spiro atoms. The van der Waals surface area contributed by atoms with E-state index in [4.69, 9.17) is 0 Å². The first kappa shape index (κ1) is 24.0. The van der Waals surface area contributed by atoms with Crippen molar-refractivity contribution in [2.75, 3.05) is 32.4 Å². The normalized spacial score (nSPS) is 17.0. The number of aliphatic imine (C=N–C) groups is 1. The summed E-state index contributed by atoms with van der Waals surface area (Å²) >= 11 is 1.69. The molecular weight excluding hydrogens is 478 g/mol. The number of likely N-dealkylation sites (tertiary alicyclic amines) is 1. The van der Waals surface area contributed by atoms with Gasteiger partial charge >= 0.3 is 0 Å². The summed E-state index contributed by atoms with van der Waals surface area (Å²) in [5.41, 5.74) is 0.737. The monoisotopic (exact) mass is 508 g/mol. The van der Waals surface area contributed by atoms with Crippen LogP contribution in [0.3, 0.4) is 0 Å². The Balaban J connectivity index is 0.00000364. The van der Waals surface area contributed by atoms with Crippen molar-refractivity contribution in [3.05, 3.63) is 35.6 Å². The van der Waals surface area contributed by atoms with Crippen LogP contribution in [0.4, 0.5) is 4.39 Å². The van der Waals surface area contributed by atoms with Crippen LogP contribution in [-0.2, 0) is 10.5 Å². The molecule has 1 saturated heterocycles. The lowest BCUT2D eigenvalue weighted by atomic mass is 10.2. The molecule has 0 saturated carbocycles. The second kappa shape index (κ2) is 12.4. The highest BCUT2D eigenvalue weighted by Crippen LogP contribution is 2.15. The number of nitrogens with one attached hydrogen (secondary N) is 2. The molecule has 0 radical (unpaired) electrons. The topological polar surface area (TPSA) is 56.7 Å². The van der Waals surface area contributed by atoms with E-state index in [1.807, 2.05) is 30.9 Å². The Bertz CT molecular complexity index is 629. The van der Waals surface area contributed by atoms with Crippen molar-refractivity contribution in [1.82, 2.24) is 15.5 Å². The van der Waals surface area contributed by atoms with E-state index in [1.54, 1.807) is 24.9 Å². The smallest absolute Gasteiger partial charge is 0.225 e. The minimum absolute atomic E-state index is 0. The van der Waals surface area contributed by atoms with Gasteiger partial charge in [0, 0.05) is 50.1 Å². The highest BCUT2D eigenvalue weighted by atomic mass is 127. The number of carbonyl (C=O) groups excluding carboxylic acids is 1. The third kappa shape index (κ3) is 7.85. The van der Waals surface area contributed by atoms with Crippen LogP contribution in [0.15, 0.2) is 29.3 Å². The first-order valence-electron chi connectivity index (χ1n) is 9.08. The molecule has 0 bridgehead atoms. The summed E-state index contributed by atoms with van der Waals surface area (Å²) in [6.45, 7) is 6.13. The quantitative estimate of drug-likeness (QED) is 0.257. The fraction of sp³-hybridized carbons (Fsp3) is 0.579. The molecule has 2 N–H and O–H groups in total. The van der Waals surface area contributed by atoms with Gasteiger partial charge in [0.15, 0.2) is 5.96 Å². The highest BCUT2D eigenvalue weighted by Gasteiger charge is 2.27. The average Bonchev–Trinajstić information content (AvgIpc) is 3.09. The van der Waals surface area contributed by atoms with E-state index in [9.17, 15) is 9.18 Å². The van der Waals surface area contributed by atoms with Crippen LogP contribution < -0.4 is 10.6 Å². The number of amides is 1. The van der Waals surface area contributed by atoms with Crippen molar-refractivity contribution in [2.24, 2.45) is 10.9 Å². The molecule has 8 heteroatoms. The fourth-order valence-electron chi connectivity index (χ4n) is 2.87. The number of thioether (sulfide) groups is 1. The van der Waals surface area contributed by atoms with Crippen LogP contribution in [0.2, 0.25) is 0 Å². The van der Waals surface area contributed by atoms with Crippen LogP contribution in [0.1, 0.15) is 25.8 Å². The number of hydrogen-bond donors (Lipinski definition) is 2. The largest absolute Gasteiger partial charge is 0.356 e. The summed E-state index contributed by atoms with van der Waals surface area (Å²) < 4.78 is 13.6. The number of hydrogen-bond acceptors (Lipinski definition) is 3. The van der Waals surface area contributed by atoms with Gasteiger partial charge in [0.2, 0.25) is 5.91 Å². The lowest BCUT2D eigenvalue weighted by Gasteiger charge is -2.20. The van der Waals surface area contributed by atoms with Crippen molar-refractivity contribution in [3.63, 3.8) is 0 Å². The maximum Gasteiger partial charge on any atom is 0.225 e. The molecular formula is C19H30FIN4OS. The van der Waals surface area contributed by atoms with Crippen LogP contribution >= 0.6 is 35.7 Å². The summed E-state index contributed by atoms with van der Waals surface area (Å²) in [6, 6.07) is 7.11. The van der Waals surface area contributed by atoms with Crippen molar-refractivity contribution in [2.45, 2.75) is 32.1 Å². The summed E-state index contributed by atoms with van der Waals surface area (Å²) in [7, 11) is 1.74. The van der Waals surface area contributed by atoms with E-state index in [0.717, 1.165) is 43.3 Å². The standard InChI is InChI=1S/C19H29FN4OS.HI/c1-14(2)18(25)24-10-8-16(12-24)23-19(21-3)22-9-11-26-13-15-6-4-5-7-17(15)20;/h4-7,14,16H,8-13H2,1-3H3,(H2,21,22,23);1H. The Kier molecular flexibility index (Phi) is 11.1. The van der Waals surface area contributed by atoms with Gasteiger partial charge in [0.1, 0.15) is 5.82 Å². The number of guanidine groups is 1. The number of carbonyl (C=O) groups is 1. The molecule has 0 aromatic heterocycles. The lowest BCUT2D eigenvalue weighted by Crippen LogP contribution is -2.45. The number of nitrogens with zero attached hydrogens (tertiary/aromatic N) is 2. The second-order valence-corrected chi connectivity index (χ2v) is 7.82. The minimum atomic E-state index is -0.146. The number of rotatable bonds is 7. The van der Waals surface area contributed by atoms with Crippen molar-refractivity contribution in [3.8, 4) is 0 Å². The molecule has 1 fully saturated rings. The zero-order valence-corrected chi connectivity index (χ0v) is 19.4. The third-order valence-corrected chi connectivity index (χ3v) is 5.32. The fourth-order valence-corrected chi connectivity index (χ4v) is 3.72. The Morgan fingerprint density at radius 3 is 2.81 bits per heavy atom. The van der Waals surface area contributed by atoms with Crippen molar-refractivity contribution >= 4 is 47.6 Å². The first-order valence-corrected chi connectivity index (χ1v) is 10.2. The number of benzene rings is 1. The van der Waals surface area contributed by atoms with Crippen LogP contribution in [-0.4, -0.2) is 55.2 Å². The van der Waals surface area contributed by atoms with Gasteiger partial charge in [0.25, 0.3) is 0 Å². The van der Waals surface area contributed by atoms with Crippen molar-refractivity contribution in [1.29, 1.82) is 0 Å². The molecule has 27 heavy (non-hydrogen) atoms. The van der Waals surface area contributed by atoms with E-state index < -0.39 is 0 Å². The summed E-state index contributed by atoms with van der Waals surface area (Å²) in [6.07, 6.45) is 0.932. The zero-order chi connectivity index (χ0) is 18.9. The molecule has 1 aromatic rings. The van der Waals surface area contributed by atoms with Crippen LogP contribution in [0, 0.1) is 11.7 Å². The van der Waals surface area contributed by atoms with Gasteiger partial charge in [0.05, 0.1) is 0 Å². The minimum Gasteiger partial charge on any atom is -0.356 e. The van der Waals surface area contributed by atoms with Gasteiger partial charge in [-0.2, -0.15) is 11.8 Å². The molecule has 1 unspecified atom stereocenters. The molecule has 5 nitrogen and oxygen atoms in total. The summed E-state index contributed by atoms with van der Waals surface area (Å²) in [5, 5.41) is 6.67. The van der Waals surface area contributed by atoms with E-state index in [2.05, 4.69) is 15.6 Å². The Morgan fingerprint density at radius 1 is 1.41 bits per heavy atom. The first-order chi connectivity index (χ1) is 12.5. The second-order valence-electron chi connectivity index (χ2n) is 6.71. The molecule has 1 aliphatic heterocycles. The summed E-state index contributed by atoms with van der Waals surface area (Å²) in [5.74, 6) is 2.37. The SMILES string of the molecule is CN=C(NCCSCc1ccccc1F)NC1CCN(C(=O)C(C)C)C1.I. The van der Waals surface area contributed by atoms with Gasteiger partial charge in [-0.25, -0.2) is 4.39 Å². The summed E-state index contributed by atoms with van der Waals surface area (Å²) in [4.78, 5) is 18.2. The molecule has 0 aliphatic carbocycles. The molecule has 1 aliphatic rings. The molecule has 152 valence electrons. The zero-order valence-electron chi connectivity index (χ0n) is 16.2. The Hall–Kier alpha value is -1.03. The van der Waals surface area contributed by atoms with Gasteiger partial charge in [-0.1, -0.05) is 32.0 Å². The average molecular weight is 508 g/mol. The predicted octanol–water partition coefficient (Wildman–Crippen LogP) is 3.10. The van der Waals surface area contributed by atoms with E-state index in [1.165, 1.54) is 6.07 Å². The van der Waals surface area contributed by atoms with Gasteiger partial charge in [-0.3, -0.25) is 9.79 Å². The molecule has 2 rings (SSSR count). The molecule has 1 heterocycles. The van der Waals surface area contributed by atoms with Gasteiger partial charge in [-0.05, 0) is 18.1 Å². The molecule has 1 atom stereocenters. The Labute approximate surface area is 183 Å². The molecule has 1 aromatic carbocycles. The van der Waals surface area contributed by atoms with Crippen LogP contribution in [0.25, 0.3) is 0 Å². The Morgan fingerprint density at radius 2 is 2.15 bits per heavy atom. The van der Waals surface area contributed by atoms with E-state index in [-0.39, 0.29) is 47.7 Å². The van der Waals surface area contributed by atoms with Gasteiger partial charge in [-0.15, -0.1) is 24.0 Å². The number of halogens is 2. The van der Waals surface area contributed by atoms with E-state index in [0.29, 0.717) is 5.75 Å². The van der Waals surface area contributed by atoms with E-state index >= 15 is 0 Å². The van der Waals surface area contributed by atoms with Crippen molar-refractivity contribution < 1.29 is 9.18 Å². The maximum absolute atomic E-state index is 13.6. The maximum atomic E-state index is 13.6. The van der Waals surface area contributed by atoms with Crippen LogP contribution in [0.5, 0.6) is 0 Å². The third-order valence-electron chi connectivity index (χ3n) is 4.31. The lowest BCUT2D eigenvalue weighted by molar-refractivity contribution is -0.133.